The summed E-state index contributed by atoms with van der Waals surface area (Å²) in [5, 5.41) is 14.2. The molecule has 1 N–H and O–H groups in total. The number of aliphatic carboxylic acids is 1. The summed E-state index contributed by atoms with van der Waals surface area (Å²) in [6.45, 7) is 6.10. The lowest BCUT2D eigenvalue weighted by molar-refractivity contribution is -0.133. The fourth-order valence-electron chi connectivity index (χ4n) is 1.70. The van der Waals surface area contributed by atoms with Crippen molar-refractivity contribution in [3.8, 4) is 5.82 Å². The largest absolute Gasteiger partial charge is 0.481 e. The molecule has 2 aromatic rings. The van der Waals surface area contributed by atoms with Gasteiger partial charge in [0.1, 0.15) is 5.03 Å². The van der Waals surface area contributed by atoms with E-state index in [1.807, 2.05) is 25.1 Å². The van der Waals surface area contributed by atoms with Crippen molar-refractivity contribution < 1.29 is 9.90 Å². The lowest BCUT2D eigenvalue weighted by Crippen LogP contribution is -2.04. The van der Waals surface area contributed by atoms with Gasteiger partial charge in [-0.25, -0.2) is 9.67 Å². The van der Waals surface area contributed by atoms with Crippen LogP contribution in [0, 0.1) is 6.92 Å². The minimum Gasteiger partial charge on any atom is -0.481 e. The number of thioether (sulfide) groups is 1. The van der Waals surface area contributed by atoms with Crippen LogP contribution in [0.5, 0.6) is 0 Å². The van der Waals surface area contributed by atoms with Gasteiger partial charge in [0.2, 0.25) is 0 Å². The molecule has 0 aromatic carbocycles. The van der Waals surface area contributed by atoms with Crippen molar-refractivity contribution in [2.24, 2.45) is 0 Å². The summed E-state index contributed by atoms with van der Waals surface area (Å²) < 4.78 is 1.72. The van der Waals surface area contributed by atoms with Crippen LogP contribution >= 0.6 is 11.8 Å². The molecular weight excluding hydrogens is 274 g/mol. The Morgan fingerprint density at radius 2 is 2.20 bits per heavy atom. The van der Waals surface area contributed by atoms with Gasteiger partial charge in [0.05, 0.1) is 11.4 Å². The number of hydrogen-bond donors (Lipinski definition) is 1. The molecule has 2 aromatic heterocycles. The number of aromatic nitrogens is 3. The molecule has 2 heterocycles. The standard InChI is InChI=1S/C14H17N3O2S/c1-9(2)11-7-13(20-8-14(18)19)17(16-11)12-6-10(3)4-5-15-12/h4-7,9H,8H2,1-3H3,(H,18,19). The molecule has 0 aliphatic heterocycles. The van der Waals surface area contributed by atoms with Crippen LogP contribution in [0.15, 0.2) is 29.4 Å². The van der Waals surface area contributed by atoms with Crippen molar-refractivity contribution in [2.45, 2.75) is 31.7 Å². The van der Waals surface area contributed by atoms with E-state index in [0.29, 0.717) is 5.82 Å². The highest BCUT2D eigenvalue weighted by Gasteiger charge is 2.14. The van der Waals surface area contributed by atoms with Gasteiger partial charge in [0.15, 0.2) is 5.82 Å². The van der Waals surface area contributed by atoms with E-state index < -0.39 is 5.97 Å². The highest BCUT2D eigenvalue weighted by molar-refractivity contribution is 7.99. The maximum Gasteiger partial charge on any atom is 0.313 e. The van der Waals surface area contributed by atoms with E-state index in [9.17, 15) is 4.79 Å². The molecule has 0 saturated heterocycles. The first-order valence-corrected chi connectivity index (χ1v) is 7.33. The van der Waals surface area contributed by atoms with Crippen molar-refractivity contribution in [1.82, 2.24) is 14.8 Å². The summed E-state index contributed by atoms with van der Waals surface area (Å²) in [4.78, 5) is 15.1. The maximum absolute atomic E-state index is 10.7. The second-order valence-electron chi connectivity index (χ2n) is 4.85. The number of carboxylic acids is 1. The van der Waals surface area contributed by atoms with E-state index in [1.54, 1.807) is 10.9 Å². The van der Waals surface area contributed by atoms with Crippen molar-refractivity contribution in [2.75, 3.05) is 5.75 Å². The molecule has 0 fully saturated rings. The quantitative estimate of drug-likeness (QED) is 0.858. The van der Waals surface area contributed by atoms with E-state index in [0.717, 1.165) is 16.3 Å². The Kier molecular flexibility index (Phi) is 4.44. The zero-order valence-corrected chi connectivity index (χ0v) is 12.5. The Labute approximate surface area is 122 Å². The predicted octanol–water partition coefficient (Wildman–Crippen LogP) is 2.88. The van der Waals surface area contributed by atoms with Crippen molar-refractivity contribution >= 4 is 17.7 Å². The number of carboxylic acid groups (broad SMARTS) is 1. The number of carbonyl (C=O) groups is 1. The summed E-state index contributed by atoms with van der Waals surface area (Å²) in [6, 6.07) is 5.78. The topological polar surface area (TPSA) is 68.0 Å². The first-order chi connectivity index (χ1) is 9.47. The fraction of sp³-hybridized carbons (Fsp3) is 0.357. The molecule has 5 nitrogen and oxygen atoms in total. The van der Waals surface area contributed by atoms with Gasteiger partial charge in [-0.15, -0.1) is 0 Å². The average molecular weight is 291 g/mol. The number of pyridine rings is 1. The van der Waals surface area contributed by atoms with Crippen molar-refractivity contribution in [1.29, 1.82) is 0 Å². The summed E-state index contributed by atoms with van der Waals surface area (Å²) in [6.07, 6.45) is 1.73. The van der Waals surface area contributed by atoms with Gasteiger partial charge < -0.3 is 5.11 Å². The van der Waals surface area contributed by atoms with E-state index in [1.165, 1.54) is 11.8 Å². The Morgan fingerprint density at radius 3 is 2.80 bits per heavy atom. The molecule has 0 amide bonds. The highest BCUT2D eigenvalue weighted by atomic mass is 32.2. The second kappa shape index (κ2) is 6.09. The Hall–Kier alpha value is -1.82. The minimum absolute atomic E-state index is 0.00897. The maximum atomic E-state index is 10.7. The van der Waals surface area contributed by atoms with Gasteiger partial charge in [-0.05, 0) is 36.6 Å². The molecule has 0 aliphatic carbocycles. The first-order valence-electron chi connectivity index (χ1n) is 6.35. The van der Waals surface area contributed by atoms with Gasteiger partial charge in [-0.2, -0.15) is 5.10 Å². The normalized spacial score (nSPS) is 11.0. The van der Waals surface area contributed by atoms with Crippen LogP contribution in [0.25, 0.3) is 5.82 Å². The van der Waals surface area contributed by atoms with E-state index in [-0.39, 0.29) is 11.7 Å². The molecule has 0 bridgehead atoms. The third-order valence-corrected chi connectivity index (χ3v) is 3.73. The van der Waals surface area contributed by atoms with E-state index in [4.69, 9.17) is 5.11 Å². The van der Waals surface area contributed by atoms with E-state index >= 15 is 0 Å². The number of hydrogen-bond acceptors (Lipinski definition) is 4. The van der Waals surface area contributed by atoms with Crippen molar-refractivity contribution in [3.05, 3.63) is 35.7 Å². The SMILES string of the molecule is Cc1ccnc(-n2nc(C(C)C)cc2SCC(=O)O)c1. The number of aryl methyl sites for hydroxylation is 1. The minimum atomic E-state index is -0.842. The van der Waals surface area contributed by atoms with Gasteiger partial charge in [-0.1, -0.05) is 25.6 Å². The van der Waals surface area contributed by atoms with Gasteiger partial charge in [0, 0.05) is 6.20 Å². The molecule has 106 valence electrons. The summed E-state index contributed by atoms with van der Waals surface area (Å²) in [5.41, 5.74) is 2.02. The van der Waals surface area contributed by atoms with Crippen LogP contribution in [-0.2, 0) is 4.79 Å². The summed E-state index contributed by atoms with van der Waals surface area (Å²) in [5.74, 6) is 0.163. The fourth-order valence-corrected chi connectivity index (χ4v) is 2.43. The summed E-state index contributed by atoms with van der Waals surface area (Å²) in [7, 11) is 0. The van der Waals surface area contributed by atoms with Crippen molar-refractivity contribution in [3.63, 3.8) is 0 Å². The molecule has 0 unspecified atom stereocenters. The van der Waals surface area contributed by atoms with Crippen LogP contribution in [-0.4, -0.2) is 31.6 Å². The number of rotatable bonds is 5. The Bertz CT molecular complexity index is 623. The first kappa shape index (κ1) is 14.6. The zero-order valence-electron chi connectivity index (χ0n) is 11.7. The number of nitrogens with zero attached hydrogens (tertiary/aromatic N) is 3. The molecule has 0 saturated carbocycles. The molecule has 0 aliphatic rings. The third-order valence-electron chi connectivity index (χ3n) is 2.75. The van der Waals surface area contributed by atoms with Gasteiger partial charge >= 0.3 is 5.97 Å². The highest BCUT2D eigenvalue weighted by Crippen LogP contribution is 2.25. The van der Waals surface area contributed by atoms with Crippen LogP contribution in [0.3, 0.4) is 0 Å². The summed E-state index contributed by atoms with van der Waals surface area (Å²) >= 11 is 1.26. The van der Waals surface area contributed by atoms with Gasteiger partial charge in [-0.3, -0.25) is 4.79 Å². The third kappa shape index (κ3) is 3.39. The Morgan fingerprint density at radius 1 is 1.45 bits per heavy atom. The van der Waals surface area contributed by atoms with Crippen LogP contribution in [0.4, 0.5) is 0 Å². The molecule has 20 heavy (non-hydrogen) atoms. The molecule has 6 heteroatoms. The zero-order chi connectivity index (χ0) is 14.7. The second-order valence-corrected chi connectivity index (χ2v) is 5.84. The monoisotopic (exact) mass is 291 g/mol. The lowest BCUT2D eigenvalue weighted by atomic mass is 10.1. The molecule has 2 rings (SSSR count). The molecular formula is C14H17N3O2S. The molecule has 0 radical (unpaired) electrons. The predicted molar refractivity (Wildman–Crippen MR) is 78.5 cm³/mol. The van der Waals surface area contributed by atoms with Crippen LogP contribution < -0.4 is 0 Å². The van der Waals surface area contributed by atoms with E-state index in [2.05, 4.69) is 23.9 Å². The van der Waals surface area contributed by atoms with Crippen LogP contribution in [0.2, 0.25) is 0 Å². The Balaban J connectivity index is 2.41. The molecule has 0 spiro atoms. The van der Waals surface area contributed by atoms with Gasteiger partial charge in [0.25, 0.3) is 0 Å². The molecule has 0 atom stereocenters. The lowest BCUT2D eigenvalue weighted by Gasteiger charge is -2.05. The smallest absolute Gasteiger partial charge is 0.313 e. The average Bonchev–Trinajstić information content (AvgIpc) is 2.80. The van der Waals surface area contributed by atoms with Crippen LogP contribution in [0.1, 0.15) is 31.0 Å².